The van der Waals surface area contributed by atoms with Crippen LogP contribution < -0.4 is 21.7 Å². The Labute approximate surface area is 150 Å². The second kappa shape index (κ2) is 8.45. The number of hydrogen-bond acceptors (Lipinski definition) is 5. The summed E-state index contributed by atoms with van der Waals surface area (Å²) in [6, 6.07) is -2.47. The van der Waals surface area contributed by atoms with E-state index in [2.05, 4.69) is 25.9 Å². The van der Waals surface area contributed by atoms with Gasteiger partial charge in [0.1, 0.15) is 18.1 Å². The van der Waals surface area contributed by atoms with Crippen LogP contribution in [0.25, 0.3) is 0 Å². The monoisotopic (exact) mass is 364 g/mol. The molecule has 1 aromatic rings. The van der Waals surface area contributed by atoms with E-state index < -0.39 is 35.8 Å². The summed E-state index contributed by atoms with van der Waals surface area (Å²) in [6.07, 6.45) is 3.80. The van der Waals surface area contributed by atoms with E-state index in [0.29, 0.717) is 12.1 Å². The molecule has 0 aromatic carbocycles. The Morgan fingerprint density at radius 1 is 1.35 bits per heavy atom. The molecule has 3 atom stereocenters. The van der Waals surface area contributed by atoms with Crippen LogP contribution >= 0.6 is 0 Å². The van der Waals surface area contributed by atoms with Gasteiger partial charge in [-0.15, -0.1) is 0 Å². The van der Waals surface area contributed by atoms with Gasteiger partial charge in [-0.2, -0.15) is 0 Å². The van der Waals surface area contributed by atoms with Crippen LogP contribution in [0.5, 0.6) is 0 Å². The zero-order chi connectivity index (χ0) is 19.3. The van der Waals surface area contributed by atoms with Crippen LogP contribution in [0.3, 0.4) is 0 Å². The van der Waals surface area contributed by atoms with E-state index in [-0.39, 0.29) is 24.7 Å². The maximum absolute atomic E-state index is 12.6. The molecule has 6 N–H and O–H groups in total. The van der Waals surface area contributed by atoms with Crippen LogP contribution in [0.1, 0.15) is 32.4 Å². The summed E-state index contributed by atoms with van der Waals surface area (Å²) in [5.41, 5.74) is 5.97. The molecule has 26 heavy (non-hydrogen) atoms. The SMILES string of the molecule is CC(C)C(NC(=O)C(Cc1cnc[nH]1)NC(=O)C1CCC(=O)N1)C(N)=O. The van der Waals surface area contributed by atoms with Crippen molar-refractivity contribution in [3.05, 3.63) is 18.2 Å². The number of nitrogens with one attached hydrogen (secondary N) is 4. The molecule has 1 saturated heterocycles. The molecular weight excluding hydrogens is 340 g/mol. The summed E-state index contributed by atoms with van der Waals surface area (Å²) >= 11 is 0. The summed E-state index contributed by atoms with van der Waals surface area (Å²) in [5.74, 6) is -2.03. The first kappa shape index (κ1) is 19.4. The van der Waals surface area contributed by atoms with E-state index >= 15 is 0 Å². The molecule has 1 fully saturated rings. The molecule has 10 heteroatoms. The summed E-state index contributed by atoms with van der Waals surface area (Å²) in [4.78, 5) is 54.6. The summed E-state index contributed by atoms with van der Waals surface area (Å²) in [6.45, 7) is 3.51. The van der Waals surface area contributed by atoms with E-state index in [1.807, 2.05) is 0 Å². The van der Waals surface area contributed by atoms with Crippen molar-refractivity contribution in [3.8, 4) is 0 Å². The van der Waals surface area contributed by atoms with Crippen molar-refractivity contribution in [1.82, 2.24) is 25.9 Å². The van der Waals surface area contributed by atoms with E-state index in [1.165, 1.54) is 12.5 Å². The molecule has 4 amide bonds. The fourth-order valence-electron chi connectivity index (χ4n) is 2.73. The third-order valence-electron chi connectivity index (χ3n) is 4.19. The number of carbonyl (C=O) groups is 4. The van der Waals surface area contributed by atoms with Gasteiger partial charge in [-0.05, 0) is 12.3 Å². The van der Waals surface area contributed by atoms with Crippen molar-refractivity contribution in [2.75, 3.05) is 0 Å². The van der Waals surface area contributed by atoms with Gasteiger partial charge < -0.3 is 26.7 Å². The predicted molar refractivity (Wildman–Crippen MR) is 91.4 cm³/mol. The van der Waals surface area contributed by atoms with Crippen molar-refractivity contribution in [1.29, 1.82) is 0 Å². The maximum atomic E-state index is 12.6. The molecule has 1 aliphatic heterocycles. The van der Waals surface area contributed by atoms with Gasteiger partial charge in [0.25, 0.3) is 0 Å². The molecule has 142 valence electrons. The van der Waals surface area contributed by atoms with E-state index in [4.69, 9.17) is 5.73 Å². The number of amides is 4. The van der Waals surface area contributed by atoms with Gasteiger partial charge in [0.15, 0.2) is 0 Å². The number of primary amides is 1. The molecule has 0 spiro atoms. The highest BCUT2D eigenvalue weighted by Gasteiger charge is 2.32. The Kier molecular flexibility index (Phi) is 6.31. The smallest absolute Gasteiger partial charge is 0.243 e. The number of aromatic amines is 1. The van der Waals surface area contributed by atoms with E-state index in [9.17, 15) is 19.2 Å². The minimum Gasteiger partial charge on any atom is -0.368 e. The van der Waals surface area contributed by atoms with Gasteiger partial charge in [-0.1, -0.05) is 13.8 Å². The first-order chi connectivity index (χ1) is 12.3. The maximum Gasteiger partial charge on any atom is 0.243 e. The summed E-state index contributed by atoms with van der Waals surface area (Å²) < 4.78 is 0. The Morgan fingerprint density at radius 3 is 2.58 bits per heavy atom. The first-order valence-electron chi connectivity index (χ1n) is 8.44. The third-order valence-corrected chi connectivity index (χ3v) is 4.19. The van der Waals surface area contributed by atoms with Crippen molar-refractivity contribution in [2.24, 2.45) is 11.7 Å². The number of rotatable bonds is 8. The number of nitrogens with two attached hydrogens (primary N) is 1. The molecule has 0 aliphatic carbocycles. The molecule has 0 saturated carbocycles. The second-order valence-electron chi connectivity index (χ2n) is 6.63. The highest BCUT2D eigenvalue weighted by molar-refractivity contribution is 5.95. The minimum atomic E-state index is -0.943. The standard InChI is InChI=1S/C16H24N6O4/c1-8(2)13(14(17)24)22-16(26)11(5-9-6-18-7-19-9)21-15(25)10-3-4-12(23)20-10/h6-8,10-11,13H,3-5H2,1-2H3,(H2,17,24)(H,18,19)(H,20,23)(H,21,25)(H,22,26). The molecule has 1 aromatic heterocycles. The quantitative estimate of drug-likeness (QED) is 0.373. The van der Waals surface area contributed by atoms with Crippen molar-refractivity contribution in [3.63, 3.8) is 0 Å². The Hall–Kier alpha value is -2.91. The molecule has 3 unspecified atom stereocenters. The van der Waals surface area contributed by atoms with Gasteiger partial charge >= 0.3 is 0 Å². The number of imidazole rings is 1. The Morgan fingerprint density at radius 2 is 2.08 bits per heavy atom. The fraction of sp³-hybridized carbons (Fsp3) is 0.562. The number of nitrogens with zero attached hydrogens (tertiary/aromatic N) is 1. The van der Waals surface area contributed by atoms with Crippen molar-refractivity contribution >= 4 is 23.6 Å². The molecule has 2 rings (SSSR count). The lowest BCUT2D eigenvalue weighted by molar-refractivity contribution is -0.132. The van der Waals surface area contributed by atoms with Crippen molar-refractivity contribution < 1.29 is 19.2 Å². The lowest BCUT2D eigenvalue weighted by Crippen LogP contribution is -2.57. The molecular formula is C16H24N6O4. The van der Waals surface area contributed by atoms with Crippen LogP contribution in [0.4, 0.5) is 0 Å². The Balaban J connectivity index is 2.09. The van der Waals surface area contributed by atoms with Gasteiger partial charge in [-0.25, -0.2) is 4.98 Å². The van der Waals surface area contributed by atoms with Gasteiger partial charge in [-0.3, -0.25) is 19.2 Å². The van der Waals surface area contributed by atoms with E-state index in [0.717, 1.165) is 0 Å². The summed E-state index contributed by atoms with van der Waals surface area (Å²) in [5, 5.41) is 7.78. The second-order valence-corrected chi connectivity index (χ2v) is 6.63. The molecule has 1 aliphatic rings. The highest BCUT2D eigenvalue weighted by atomic mass is 16.2. The number of carbonyl (C=O) groups excluding carboxylic acids is 4. The predicted octanol–water partition coefficient (Wildman–Crippen LogP) is -1.66. The topological polar surface area (TPSA) is 159 Å². The van der Waals surface area contributed by atoms with Crippen LogP contribution in [-0.4, -0.2) is 51.7 Å². The Bertz CT molecular complexity index is 672. The zero-order valence-corrected chi connectivity index (χ0v) is 14.7. The highest BCUT2D eigenvalue weighted by Crippen LogP contribution is 2.08. The van der Waals surface area contributed by atoms with Gasteiger partial charge in [0.2, 0.25) is 23.6 Å². The third kappa shape index (κ3) is 5.04. The zero-order valence-electron chi connectivity index (χ0n) is 14.7. The van der Waals surface area contributed by atoms with Gasteiger partial charge in [0.05, 0.1) is 6.33 Å². The van der Waals surface area contributed by atoms with Crippen LogP contribution in [0, 0.1) is 5.92 Å². The first-order valence-corrected chi connectivity index (χ1v) is 8.44. The molecule has 0 radical (unpaired) electrons. The molecule has 0 bridgehead atoms. The average molecular weight is 364 g/mol. The van der Waals surface area contributed by atoms with Crippen LogP contribution in [-0.2, 0) is 25.6 Å². The average Bonchev–Trinajstić information content (AvgIpc) is 3.22. The minimum absolute atomic E-state index is 0.155. The number of H-pyrrole nitrogens is 1. The normalized spacial score (nSPS) is 18.9. The fourth-order valence-corrected chi connectivity index (χ4v) is 2.73. The van der Waals surface area contributed by atoms with Crippen LogP contribution in [0.2, 0.25) is 0 Å². The summed E-state index contributed by atoms with van der Waals surface area (Å²) in [7, 11) is 0. The lowest BCUT2D eigenvalue weighted by atomic mass is 10.0. The number of aromatic nitrogens is 2. The number of hydrogen-bond donors (Lipinski definition) is 5. The molecule has 10 nitrogen and oxygen atoms in total. The van der Waals surface area contributed by atoms with Gasteiger partial charge in [0, 0.05) is 24.7 Å². The largest absolute Gasteiger partial charge is 0.368 e. The van der Waals surface area contributed by atoms with Crippen LogP contribution in [0.15, 0.2) is 12.5 Å². The lowest BCUT2D eigenvalue weighted by Gasteiger charge is -2.24. The van der Waals surface area contributed by atoms with Crippen molar-refractivity contribution in [2.45, 2.75) is 51.2 Å². The molecule has 2 heterocycles. The van der Waals surface area contributed by atoms with E-state index in [1.54, 1.807) is 13.8 Å².